The third kappa shape index (κ3) is 6.80. The smallest absolute Gasteiger partial charge is 0.406 e. The largest absolute Gasteiger partial charge is 0.573 e. The van der Waals surface area contributed by atoms with Crippen molar-refractivity contribution < 1.29 is 54.3 Å². The van der Waals surface area contributed by atoms with Crippen molar-refractivity contribution in [3.05, 3.63) is 93.7 Å². The zero-order chi connectivity index (χ0) is 27.5. The van der Waals surface area contributed by atoms with E-state index in [1.165, 1.54) is 0 Å². The lowest BCUT2D eigenvalue weighted by Crippen LogP contribution is -2.39. The summed E-state index contributed by atoms with van der Waals surface area (Å²) in [5, 5.41) is 2.12. The summed E-state index contributed by atoms with van der Waals surface area (Å²) in [7, 11) is 0. The van der Waals surface area contributed by atoms with Crippen molar-refractivity contribution >= 4 is 11.9 Å². The number of halogens is 8. The van der Waals surface area contributed by atoms with Crippen LogP contribution in [0, 0.1) is 11.6 Å². The zero-order valence-electron chi connectivity index (χ0n) is 17.7. The molecular weight excluding hydrogens is 526 g/mol. The summed E-state index contributed by atoms with van der Waals surface area (Å²) in [4.78, 5) is 43.1. The maximum Gasteiger partial charge on any atom is 0.573 e. The van der Waals surface area contributed by atoms with Gasteiger partial charge in [-0.25, -0.2) is 13.6 Å². The molecule has 0 radical (unpaired) electrons. The summed E-state index contributed by atoms with van der Waals surface area (Å²) < 4.78 is 107. The van der Waals surface area contributed by atoms with E-state index in [0.717, 1.165) is 30.5 Å². The molecule has 3 rings (SSSR count). The quantitative estimate of drug-likeness (QED) is 0.484. The lowest BCUT2D eigenvalue weighted by Gasteiger charge is -2.21. The average Bonchev–Trinajstić information content (AvgIpc) is 2.78. The Hall–Kier alpha value is -4.50. The van der Waals surface area contributed by atoms with Gasteiger partial charge in [-0.3, -0.25) is 14.6 Å². The van der Waals surface area contributed by atoms with Crippen molar-refractivity contribution in [1.29, 1.82) is 0 Å². The van der Waals surface area contributed by atoms with Crippen LogP contribution in [0.1, 0.15) is 27.7 Å². The first kappa shape index (κ1) is 27.1. The summed E-state index contributed by atoms with van der Waals surface area (Å²) in [5.41, 5.74) is -3.03. The number of pyridine rings is 2. The molecule has 0 saturated carbocycles. The minimum absolute atomic E-state index is 0.190. The number of carbonyl (C=O) groups is 2. The van der Waals surface area contributed by atoms with Crippen LogP contribution in [0.2, 0.25) is 0 Å². The van der Waals surface area contributed by atoms with Crippen LogP contribution in [0.4, 0.5) is 35.1 Å². The van der Waals surface area contributed by atoms with Crippen LogP contribution in [0.3, 0.4) is 0 Å². The Morgan fingerprint density at radius 3 is 2.27 bits per heavy atom. The summed E-state index contributed by atoms with van der Waals surface area (Å²) >= 11 is 0. The first-order chi connectivity index (χ1) is 17.2. The Morgan fingerprint density at radius 2 is 1.68 bits per heavy atom. The molecular formula is C21H11F8N3O5. The molecule has 37 heavy (non-hydrogen) atoms. The van der Waals surface area contributed by atoms with Crippen LogP contribution in [0.5, 0.6) is 5.75 Å². The van der Waals surface area contributed by atoms with Gasteiger partial charge in [-0.1, -0.05) is 0 Å². The first-order valence-electron chi connectivity index (χ1n) is 9.64. The predicted molar refractivity (Wildman–Crippen MR) is 105 cm³/mol. The number of carbonyl (C=O) groups excluding carboxylic acids is 2. The second-order valence-electron chi connectivity index (χ2n) is 6.97. The van der Waals surface area contributed by atoms with Crippen molar-refractivity contribution in [1.82, 2.24) is 15.0 Å². The number of nitrogens with one attached hydrogen (secondary N) is 1. The number of hydrogen-bond acceptors (Lipinski definition) is 6. The number of alkyl halides is 6. The molecule has 0 bridgehead atoms. The van der Waals surface area contributed by atoms with E-state index in [1.807, 2.05) is 0 Å². The van der Waals surface area contributed by atoms with Crippen molar-refractivity contribution in [3.8, 4) is 5.75 Å². The molecule has 0 aliphatic heterocycles. The Morgan fingerprint density at radius 1 is 0.973 bits per heavy atom. The number of hydrogen-bond donors (Lipinski definition) is 1. The fraction of sp³-hybridized carbons (Fsp3) is 0.143. The van der Waals surface area contributed by atoms with E-state index in [1.54, 1.807) is 0 Å². The highest BCUT2D eigenvalue weighted by atomic mass is 19.4. The van der Waals surface area contributed by atoms with E-state index in [0.29, 0.717) is 24.4 Å². The molecule has 0 fully saturated rings. The number of rotatable bonds is 6. The van der Waals surface area contributed by atoms with Crippen molar-refractivity contribution in [3.63, 3.8) is 0 Å². The van der Waals surface area contributed by atoms with Gasteiger partial charge in [-0.15, -0.1) is 17.9 Å². The summed E-state index contributed by atoms with van der Waals surface area (Å²) in [6, 6.07) is 3.38. The number of benzene rings is 1. The van der Waals surface area contributed by atoms with Crippen LogP contribution in [-0.2, 0) is 4.79 Å². The molecule has 0 aliphatic rings. The Kier molecular flexibility index (Phi) is 7.50. The maximum absolute atomic E-state index is 14.8. The van der Waals surface area contributed by atoms with E-state index in [4.69, 9.17) is 0 Å². The fourth-order valence-electron chi connectivity index (χ4n) is 2.87. The van der Waals surface area contributed by atoms with Crippen LogP contribution < -0.4 is 20.5 Å². The lowest BCUT2D eigenvalue weighted by molar-refractivity contribution is -0.274. The van der Waals surface area contributed by atoms with Crippen LogP contribution >= 0.6 is 0 Å². The summed E-state index contributed by atoms with van der Waals surface area (Å²) in [6.07, 6.45) is -9.15. The predicted octanol–water partition coefficient (Wildman–Crippen LogP) is 3.46. The molecule has 0 aliphatic carbocycles. The van der Waals surface area contributed by atoms with Crippen molar-refractivity contribution in [2.24, 2.45) is 0 Å². The highest BCUT2D eigenvalue weighted by molar-refractivity contribution is 5.94. The molecule has 0 saturated heterocycles. The molecule has 3 aromatic rings. The highest BCUT2D eigenvalue weighted by Crippen LogP contribution is 2.30. The molecule has 1 aromatic carbocycles. The first-order valence-corrected chi connectivity index (χ1v) is 9.64. The number of amides is 1. The Bertz CT molecular complexity index is 1390. The monoisotopic (exact) mass is 537 g/mol. The van der Waals surface area contributed by atoms with Gasteiger partial charge >= 0.3 is 18.5 Å². The average molecular weight is 537 g/mol. The van der Waals surface area contributed by atoms with Gasteiger partial charge in [0.2, 0.25) is 0 Å². The van der Waals surface area contributed by atoms with Gasteiger partial charge < -0.3 is 14.9 Å². The van der Waals surface area contributed by atoms with E-state index in [2.05, 4.69) is 19.9 Å². The second kappa shape index (κ2) is 10.2. The van der Waals surface area contributed by atoms with Gasteiger partial charge in [0.15, 0.2) is 0 Å². The normalized spacial score (nSPS) is 12.5. The van der Waals surface area contributed by atoms with Gasteiger partial charge in [-0.2, -0.15) is 13.2 Å². The molecule has 1 unspecified atom stereocenters. The maximum atomic E-state index is 14.8. The lowest BCUT2D eigenvalue weighted by atomic mass is 10.0. The van der Waals surface area contributed by atoms with Crippen molar-refractivity contribution in [2.45, 2.75) is 18.6 Å². The van der Waals surface area contributed by atoms with E-state index < -0.39 is 70.2 Å². The Balaban J connectivity index is 1.98. The van der Waals surface area contributed by atoms with Crippen LogP contribution in [0.15, 0.2) is 59.7 Å². The molecule has 2 aromatic heterocycles. The molecule has 16 heteroatoms. The number of aromatic nitrogens is 2. The molecule has 2 heterocycles. The molecule has 1 N–H and O–H groups in total. The summed E-state index contributed by atoms with van der Waals surface area (Å²) in [6.45, 7) is 0. The molecule has 1 atom stereocenters. The minimum Gasteiger partial charge on any atom is -0.406 e. The van der Waals surface area contributed by atoms with Crippen LogP contribution in [-0.4, -0.2) is 34.1 Å². The van der Waals surface area contributed by atoms with Gasteiger partial charge in [0.25, 0.3) is 11.5 Å². The van der Waals surface area contributed by atoms with Gasteiger partial charge in [-0.05, 0) is 30.3 Å². The molecule has 8 nitrogen and oxygen atoms in total. The third-order valence-corrected chi connectivity index (χ3v) is 4.41. The Labute approximate surface area is 200 Å². The number of nitrogens with zero attached hydrogens (tertiary/aromatic N) is 2. The fourth-order valence-corrected chi connectivity index (χ4v) is 2.87. The van der Waals surface area contributed by atoms with Gasteiger partial charge in [0.05, 0.1) is 11.8 Å². The van der Waals surface area contributed by atoms with E-state index in [-0.39, 0.29) is 4.73 Å². The zero-order valence-corrected chi connectivity index (χ0v) is 17.7. The third-order valence-electron chi connectivity index (χ3n) is 4.41. The molecule has 0 spiro atoms. The summed E-state index contributed by atoms with van der Waals surface area (Å²) in [5.74, 6) is -7.42. The van der Waals surface area contributed by atoms with Gasteiger partial charge in [0.1, 0.15) is 29.1 Å². The van der Waals surface area contributed by atoms with Crippen molar-refractivity contribution in [2.75, 3.05) is 0 Å². The van der Waals surface area contributed by atoms with E-state index in [9.17, 15) is 49.5 Å². The number of ether oxygens (including phenoxy) is 1. The van der Waals surface area contributed by atoms with E-state index >= 15 is 0 Å². The second-order valence-corrected chi connectivity index (χ2v) is 6.97. The SMILES string of the molecule is O=C(NC(c1ccc(OC(F)(F)F)cc1F)c1ncccc1F)c1ccc(=O)n(OC(=O)C(F)(F)F)c1. The topological polar surface area (TPSA) is 99.5 Å². The minimum atomic E-state index is -5.47. The standard InChI is InChI=1S/C21H11F8N3O5/c22-13-2-1-7-30-17(13)16(12-5-4-11(8-14(12)23)36-21(27,28)29)31-18(34)10-3-6-15(33)32(9-10)37-19(35)20(24,25)26/h1-9,16H,(H,31,34). The van der Waals surface area contributed by atoms with Gasteiger partial charge in [0, 0.05) is 23.9 Å². The van der Waals surface area contributed by atoms with Crippen LogP contribution in [0.25, 0.3) is 0 Å². The molecule has 196 valence electrons. The highest BCUT2D eigenvalue weighted by Gasteiger charge is 2.42. The molecule has 1 amide bonds.